The standard InChI is InChI=1S/C12H15FN2O2/c13-10-1-3-11(4-2-10)17-8-7-15-6-5-14-12(16)9-15/h1-4H,5-9H2,(H,14,16). The summed E-state index contributed by atoms with van der Waals surface area (Å²) in [5.41, 5.74) is 0. The third-order valence-corrected chi connectivity index (χ3v) is 2.61. The van der Waals surface area contributed by atoms with Crippen LogP contribution in [0.1, 0.15) is 0 Å². The van der Waals surface area contributed by atoms with Gasteiger partial charge in [-0.3, -0.25) is 9.69 Å². The molecule has 4 nitrogen and oxygen atoms in total. The zero-order valence-corrected chi connectivity index (χ0v) is 9.49. The van der Waals surface area contributed by atoms with E-state index in [9.17, 15) is 9.18 Å². The normalized spacial score (nSPS) is 16.6. The van der Waals surface area contributed by atoms with Crippen molar-refractivity contribution in [2.75, 3.05) is 32.8 Å². The Bertz CT molecular complexity index is 381. The summed E-state index contributed by atoms with van der Waals surface area (Å²) in [6, 6.07) is 5.92. The Morgan fingerprint density at radius 3 is 2.82 bits per heavy atom. The molecular weight excluding hydrogens is 223 g/mol. The summed E-state index contributed by atoms with van der Waals surface area (Å²) in [5.74, 6) is 0.427. The zero-order chi connectivity index (χ0) is 12.1. The Hall–Kier alpha value is -1.62. The summed E-state index contributed by atoms with van der Waals surface area (Å²) >= 11 is 0. The SMILES string of the molecule is O=C1CN(CCOc2ccc(F)cc2)CCN1. The van der Waals surface area contributed by atoms with Crippen molar-refractivity contribution in [3.63, 3.8) is 0 Å². The van der Waals surface area contributed by atoms with Crippen molar-refractivity contribution in [1.82, 2.24) is 10.2 Å². The van der Waals surface area contributed by atoms with Gasteiger partial charge >= 0.3 is 0 Å². The van der Waals surface area contributed by atoms with Gasteiger partial charge in [0.05, 0.1) is 6.54 Å². The van der Waals surface area contributed by atoms with E-state index in [0.29, 0.717) is 32.0 Å². The first-order chi connectivity index (χ1) is 8.24. The highest BCUT2D eigenvalue weighted by molar-refractivity contribution is 5.78. The van der Waals surface area contributed by atoms with Crippen molar-refractivity contribution >= 4 is 5.91 Å². The van der Waals surface area contributed by atoms with E-state index >= 15 is 0 Å². The van der Waals surface area contributed by atoms with Crippen LogP contribution in [0.3, 0.4) is 0 Å². The van der Waals surface area contributed by atoms with E-state index in [-0.39, 0.29) is 11.7 Å². The van der Waals surface area contributed by atoms with Crippen LogP contribution < -0.4 is 10.1 Å². The second-order valence-corrected chi connectivity index (χ2v) is 3.93. The Morgan fingerprint density at radius 2 is 2.12 bits per heavy atom. The van der Waals surface area contributed by atoms with Crippen LogP contribution in [0, 0.1) is 5.82 Å². The number of benzene rings is 1. The van der Waals surface area contributed by atoms with Gasteiger partial charge in [0.1, 0.15) is 18.2 Å². The van der Waals surface area contributed by atoms with Gasteiger partial charge in [-0.05, 0) is 24.3 Å². The molecule has 0 aromatic heterocycles. The number of halogens is 1. The smallest absolute Gasteiger partial charge is 0.234 e. The first-order valence-electron chi connectivity index (χ1n) is 5.61. The predicted molar refractivity (Wildman–Crippen MR) is 61.3 cm³/mol. The Labute approximate surface area is 99.4 Å². The molecule has 1 aromatic carbocycles. The highest BCUT2D eigenvalue weighted by Crippen LogP contribution is 2.10. The van der Waals surface area contributed by atoms with Gasteiger partial charge < -0.3 is 10.1 Å². The number of ether oxygens (including phenoxy) is 1. The molecule has 2 rings (SSSR count). The third kappa shape index (κ3) is 3.71. The highest BCUT2D eigenvalue weighted by atomic mass is 19.1. The fraction of sp³-hybridized carbons (Fsp3) is 0.417. The van der Waals surface area contributed by atoms with Crippen LogP contribution in [-0.2, 0) is 4.79 Å². The van der Waals surface area contributed by atoms with Crippen molar-refractivity contribution in [3.8, 4) is 5.75 Å². The molecule has 0 radical (unpaired) electrons. The second-order valence-electron chi connectivity index (χ2n) is 3.93. The molecule has 0 bridgehead atoms. The van der Waals surface area contributed by atoms with E-state index in [0.717, 1.165) is 6.54 Å². The average molecular weight is 238 g/mol. The number of amides is 1. The van der Waals surface area contributed by atoms with Crippen molar-refractivity contribution < 1.29 is 13.9 Å². The summed E-state index contributed by atoms with van der Waals surface area (Å²) in [4.78, 5) is 13.1. The van der Waals surface area contributed by atoms with E-state index < -0.39 is 0 Å². The first-order valence-corrected chi connectivity index (χ1v) is 5.61. The molecule has 1 fully saturated rings. The van der Waals surface area contributed by atoms with E-state index in [2.05, 4.69) is 5.32 Å². The predicted octanol–water partition coefficient (Wildman–Crippen LogP) is 0.636. The van der Waals surface area contributed by atoms with E-state index in [4.69, 9.17) is 4.74 Å². The zero-order valence-electron chi connectivity index (χ0n) is 9.49. The number of carbonyl (C=O) groups is 1. The molecule has 1 heterocycles. The van der Waals surface area contributed by atoms with Crippen LogP contribution in [-0.4, -0.2) is 43.6 Å². The number of nitrogens with zero attached hydrogens (tertiary/aromatic N) is 1. The van der Waals surface area contributed by atoms with Crippen molar-refractivity contribution in [2.45, 2.75) is 0 Å². The Morgan fingerprint density at radius 1 is 1.35 bits per heavy atom. The molecule has 17 heavy (non-hydrogen) atoms. The number of carbonyl (C=O) groups excluding carboxylic acids is 1. The summed E-state index contributed by atoms with van der Waals surface area (Å²) in [6.07, 6.45) is 0. The minimum atomic E-state index is -0.273. The molecule has 1 N–H and O–H groups in total. The number of hydrogen-bond acceptors (Lipinski definition) is 3. The van der Waals surface area contributed by atoms with Gasteiger partial charge in [0, 0.05) is 19.6 Å². The molecule has 0 spiro atoms. The number of piperazine rings is 1. The van der Waals surface area contributed by atoms with Gasteiger partial charge in [-0.15, -0.1) is 0 Å². The lowest BCUT2D eigenvalue weighted by atomic mass is 10.3. The number of hydrogen-bond donors (Lipinski definition) is 1. The molecule has 1 amide bonds. The monoisotopic (exact) mass is 238 g/mol. The van der Waals surface area contributed by atoms with Crippen molar-refractivity contribution in [2.24, 2.45) is 0 Å². The van der Waals surface area contributed by atoms with Crippen LogP contribution in [0.2, 0.25) is 0 Å². The fourth-order valence-corrected chi connectivity index (χ4v) is 1.71. The Balaban J connectivity index is 1.72. The first kappa shape index (κ1) is 11.9. The third-order valence-electron chi connectivity index (χ3n) is 2.61. The molecule has 0 unspecified atom stereocenters. The fourth-order valence-electron chi connectivity index (χ4n) is 1.71. The van der Waals surface area contributed by atoms with Gasteiger partial charge in [0.25, 0.3) is 0 Å². The van der Waals surface area contributed by atoms with Crippen LogP contribution in [0.4, 0.5) is 4.39 Å². The maximum absolute atomic E-state index is 12.6. The van der Waals surface area contributed by atoms with Gasteiger partial charge in [0.15, 0.2) is 0 Å². The summed E-state index contributed by atoms with van der Waals surface area (Å²) in [5, 5.41) is 2.76. The van der Waals surface area contributed by atoms with Gasteiger partial charge in [-0.1, -0.05) is 0 Å². The maximum Gasteiger partial charge on any atom is 0.234 e. The van der Waals surface area contributed by atoms with Crippen molar-refractivity contribution in [1.29, 1.82) is 0 Å². The molecule has 0 aliphatic carbocycles. The summed E-state index contributed by atoms with van der Waals surface area (Å²) < 4.78 is 18.1. The second kappa shape index (κ2) is 5.63. The maximum atomic E-state index is 12.6. The lowest BCUT2D eigenvalue weighted by molar-refractivity contribution is -0.124. The van der Waals surface area contributed by atoms with Gasteiger partial charge in [-0.2, -0.15) is 0 Å². The molecule has 1 aromatic rings. The van der Waals surface area contributed by atoms with E-state index in [1.807, 2.05) is 4.90 Å². The van der Waals surface area contributed by atoms with Crippen LogP contribution in [0.5, 0.6) is 5.75 Å². The van der Waals surface area contributed by atoms with Gasteiger partial charge in [-0.25, -0.2) is 4.39 Å². The molecule has 1 aliphatic rings. The lowest BCUT2D eigenvalue weighted by Crippen LogP contribution is -2.48. The number of nitrogens with one attached hydrogen (secondary N) is 1. The Kier molecular flexibility index (Phi) is 3.93. The van der Waals surface area contributed by atoms with Crippen LogP contribution >= 0.6 is 0 Å². The highest BCUT2D eigenvalue weighted by Gasteiger charge is 2.15. The van der Waals surface area contributed by atoms with Crippen LogP contribution in [0.25, 0.3) is 0 Å². The van der Waals surface area contributed by atoms with Crippen LogP contribution in [0.15, 0.2) is 24.3 Å². The van der Waals surface area contributed by atoms with E-state index in [1.165, 1.54) is 12.1 Å². The quantitative estimate of drug-likeness (QED) is 0.836. The molecule has 0 atom stereocenters. The van der Waals surface area contributed by atoms with Crippen molar-refractivity contribution in [3.05, 3.63) is 30.1 Å². The summed E-state index contributed by atoms with van der Waals surface area (Å²) in [7, 11) is 0. The molecule has 5 heteroatoms. The molecule has 1 aliphatic heterocycles. The minimum absolute atomic E-state index is 0.0537. The molecule has 0 saturated carbocycles. The van der Waals surface area contributed by atoms with E-state index in [1.54, 1.807) is 12.1 Å². The molecular formula is C12H15FN2O2. The largest absolute Gasteiger partial charge is 0.492 e. The minimum Gasteiger partial charge on any atom is -0.492 e. The average Bonchev–Trinajstić information content (AvgIpc) is 2.32. The molecule has 1 saturated heterocycles. The number of rotatable bonds is 4. The molecule has 92 valence electrons. The summed E-state index contributed by atoms with van der Waals surface area (Å²) in [6.45, 7) is 3.16. The lowest BCUT2D eigenvalue weighted by Gasteiger charge is -2.26. The topological polar surface area (TPSA) is 41.6 Å². The van der Waals surface area contributed by atoms with Gasteiger partial charge in [0.2, 0.25) is 5.91 Å².